The number of phenolic OH excluding ortho intramolecular Hbond substituents is 1. The first-order valence-corrected chi connectivity index (χ1v) is 5.22. The van der Waals surface area contributed by atoms with E-state index in [1.807, 2.05) is 24.3 Å². The quantitative estimate of drug-likeness (QED) is 0.777. The normalized spacial score (nSPS) is 11.1. The molecule has 2 aromatic carbocycles. The standard InChI is InChI=1S/C14H12O3/c1-9-8-10(6-7-13(15)16)11-4-2-3-5-12(11)14(9)17/h2-8,17H,1H3,(H,15,16)/b7-6+. The van der Waals surface area contributed by atoms with Gasteiger partial charge in [-0.3, -0.25) is 0 Å². The Labute approximate surface area is 98.6 Å². The number of hydrogen-bond acceptors (Lipinski definition) is 2. The molecule has 0 spiro atoms. The van der Waals surface area contributed by atoms with Crippen molar-refractivity contribution in [3.63, 3.8) is 0 Å². The van der Waals surface area contributed by atoms with Crippen molar-refractivity contribution in [2.75, 3.05) is 0 Å². The first-order chi connectivity index (χ1) is 8.09. The number of carbonyl (C=O) groups is 1. The molecule has 0 aliphatic carbocycles. The van der Waals surface area contributed by atoms with Gasteiger partial charge in [0.05, 0.1) is 0 Å². The lowest BCUT2D eigenvalue weighted by Crippen LogP contribution is -1.88. The Hall–Kier alpha value is -2.29. The number of aryl methyl sites for hydroxylation is 1. The summed E-state index contributed by atoms with van der Waals surface area (Å²) in [6.45, 7) is 1.79. The molecule has 2 rings (SSSR count). The molecule has 17 heavy (non-hydrogen) atoms. The number of carboxylic acids is 1. The molecule has 0 amide bonds. The van der Waals surface area contributed by atoms with E-state index in [2.05, 4.69) is 0 Å². The molecular weight excluding hydrogens is 216 g/mol. The molecule has 0 saturated heterocycles. The summed E-state index contributed by atoms with van der Waals surface area (Å²) >= 11 is 0. The SMILES string of the molecule is Cc1cc(/C=C/C(=O)O)c2ccccc2c1O. The van der Waals surface area contributed by atoms with Gasteiger partial charge in [-0.15, -0.1) is 0 Å². The molecular formula is C14H12O3. The lowest BCUT2D eigenvalue weighted by atomic mass is 10.00. The number of aromatic hydroxyl groups is 1. The molecule has 2 N–H and O–H groups in total. The third kappa shape index (κ3) is 2.13. The first-order valence-electron chi connectivity index (χ1n) is 5.22. The van der Waals surface area contributed by atoms with Crippen LogP contribution in [0.2, 0.25) is 0 Å². The van der Waals surface area contributed by atoms with Gasteiger partial charge in [0.2, 0.25) is 0 Å². The smallest absolute Gasteiger partial charge is 0.328 e. The molecule has 3 nitrogen and oxygen atoms in total. The number of rotatable bonds is 2. The van der Waals surface area contributed by atoms with Gasteiger partial charge in [0.15, 0.2) is 0 Å². The van der Waals surface area contributed by atoms with Crippen LogP contribution in [0, 0.1) is 6.92 Å². The average Bonchev–Trinajstić information content (AvgIpc) is 2.32. The van der Waals surface area contributed by atoms with Crippen LogP contribution in [0.4, 0.5) is 0 Å². The summed E-state index contributed by atoms with van der Waals surface area (Å²) in [5.41, 5.74) is 1.52. The van der Waals surface area contributed by atoms with Gasteiger partial charge in [-0.2, -0.15) is 0 Å². The monoisotopic (exact) mass is 228 g/mol. The Morgan fingerprint density at radius 2 is 1.88 bits per heavy atom. The fraction of sp³-hybridized carbons (Fsp3) is 0.0714. The van der Waals surface area contributed by atoms with E-state index >= 15 is 0 Å². The van der Waals surface area contributed by atoms with Gasteiger partial charge < -0.3 is 10.2 Å². The Morgan fingerprint density at radius 1 is 1.24 bits per heavy atom. The van der Waals surface area contributed by atoms with E-state index in [4.69, 9.17) is 5.11 Å². The highest BCUT2D eigenvalue weighted by atomic mass is 16.4. The van der Waals surface area contributed by atoms with Crippen molar-refractivity contribution < 1.29 is 15.0 Å². The van der Waals surface area contributed by atoms with E-state index in [0.717, 1.165) is 28.0 Å². The van der Waals surface area contributed by atoms with E-state index in [0.29, 0.717) is 0 Å². The number of carboxylic acid groups (broad SMARTS) is 1. The van der Waals surface area contributed by atoms with Crippen LogP contribution in [0.5, 0.6) is 5.75 Å². The summed E-state index contributed by atoms with van der Waals surface area (Å²) < 4.78 is 0. The zero-order valence-electron chi connectivity index (χ0n) is 9.34. The van der Waals surface area contributed by atoms with Crippen LogP contribution in [0.25, 0.3) is 16.8 Å². The summed E-state index contributed by atoms with van der Waals surface area (Å²) in [4.78, 5) is 10.5. The summed E-state index contributed by atoms with van der Waals surface area (Å²) in [7, 11) is 0. The van der Waals surface area contributed by atoms with Crippen molar-refractivity contribution in [2.45, 2.75) is 6.92 Å². The van der Waals surface area contributed by atoms with Crippen molar-refractivity contribution in [1.82, 2.24) is 0 Å². The van der Waals surface area contributed by atoms with Crippen molar-refractivity contribution in [3.8, 4) is 5.75 Å². The van der Waals surface area contributed by atoms with Crippen molar-refractivity contribution in [2.24, 2.45) is 0 Å². The van der Waals surface area contributed by atoms with Crippen LogP contribution in [-0.2, 0) is 4.79 Å². The summed E-state index contributed by atoms with van der Waals surface area (Å²) in [6, 6.07) is 9.14. The molecule has 0 radical (unpaired) electrons. The predicted octanol–water partition coefficient (Wildman–Crippen LogP) is 2.95. The number of aliphatic carboxylic acids is 1. The third-order valence-corrected chi connectivity index (χ3v) is 2.64. The second kappa shape index (κ2) is 4.29. The number of benzene rings is 2. The summed E-state index contributed by atoms with van der Waals surface area (Å²) in [5, 5.41) is 20.1. The van der Waals surface area contributed by atoms with Gasteiger partial charge in [-0.1, -0.05) is 24.3 Å². The molecule has 0 unspecified atom stereocenters. The molecule has 2 aromatic rings. The Bertz CT molecular complexity index is 612. The number of phenols is 1. The fourth-order valence-electron chi connectivity index (χ4n) is 1.83. The lowest BCUT2D eigenvalue weighted by molar-refractivity contribution is -0.131. The molecule has 0 saturated carbocycles. The summed E-state index contributed by atoms with van der Waals surface area (Å²) in [5.74, 6) is -0.743. The Kier molecular flexibility index (Phi) is 2.83. The molecule has 0 aromatic heterocycles. The minimum absolute atomic E-state index is 0.244. The zero-order chi connectivity index (χ0) is 12.4. The second-order valence-electron chi connectivity index (χ2n) is 3.85. The maximum atomic E-state index is 10.5. The van der Waals surface area contributed by atoms with Crippen LogP contribution in [0.3, 0.4) is 0 Å². The van der Waals surface area contributed by atoms with Crippen molar-refractivity contribution in [1.29, 1.82) is 0 Å². The van der Waals surface area contributed by atoms with Gasteiger partial charge in [0.1, 0.15) is 5.75 Å². The highest BCUT2D eigenvalue weighted by Gasteiger charge is 2.06. The van der Waals surface area contributed by atoms with Crippen LogP contribution >= 0.6 is 0 Å². The fourth-order valence-corrected chi connectivity index (χ4v) is 1.83. The van der Waals surface area contributed by atoms with Crippen LogP contribution in [-0.4, -0.2) is 16.2 Å². The van der Waals surface area contributed by atoms with Gasteiger partial charge in [-0.05, 0) is 35.6 Å². The minimum atomic E-state index is -0.986. The van der Waals surface area contributed by atoms with E-state index in [9.17, 15) is 9.90 Å². The highest BCUT2D eigenvalue weighted by Crippen LogP contribution is 2.31. The van der Waals surface area contributed by atoms with E-state index in [1.165, 1.54) is 6.08 Å². The third-order valence-electron chi connectivity index (χ3n) is 2.64. The Morgan fingerprint density at radius 3 is 2.53 bits per heavy atom. The molecule has 0 atom stereocenters. The minimum Gasteiger partial charge on any atom is -0.507 e. The van der Waals surface area contributed by atoms with Gasteiger partial charge >= 0.3 is 5.97 Å². The molecule has 0 aliphatic heterocycles. The highest BCUT2D eigenvalue weighted by molar-refractivity contribution is 5.97. The number of hydrogen-bond donors (Lipinski definition) is 2. The lowest BCUT2D eigenvalue weighted by Gasteiger charge is -2.07. The second-order valence-corrected chi connectivity index (χ2v) is 3.85. The van der Waals surface area contributed by atoms with Crippen LogP contribution < -0.4 is 0 Å². The van der Waals surface area contributed by atoms with Crippen molar-refractivity contribution in [3.05, 3.63) is 47.5 Å². The largest absolute Gasteiger partial charge is 0.507 e. The van der Waals surface area contributed by atoms with E-state index in [1.54, 1.807) is 13.0 Å². The molecule has 0 bridgehead atoms. The van der Waals surface area contributed by atoms with E-state index < -0.39 is 5.97 Å². The van der Waals surface area contributed by atoms with Crippen LogP contribution in [0.1, 0.15) is 11.1 Å². The molecule has 0 fully saturated rings. The molecule has 86 valence electrons. The number of fused-ring (bicyclic) bond motifs is 1. The average molecular weight is 228 g/mol. The van der Waals surface area contributed by atoms with Gasteiger partial charge in [0.25, 0.3) is 0 Å². The molecule has 0 aliphatic rings. The van der Waals surface area contributed by atoms with Gasteiger partial charge in [0, 0.05) is 11.5 Å². The Balaban J connectivity index is 2.71. The maximum Gasteiger partial charge on any atom is 0.328 e. The first kappa shape index (κ1) is 11.2. The predicted molar refractivity (Wildman–Crippen MR) is 67.0 cm³/mol. The molecule has 3 heteroatoms. The maximum absolute atomic E-state index is 10.5. The zero-order valence-corrected chi connectivity index (χ0v) is 9.34. The van der Waals surface area contributed by atoms with Gasteiger partial charge in [-0.25, -0.2) is 4.79 Å². The van der Waals surface area contributed by atoms with Crippen molar-refractivity contribution >= 4 is 22.8 Å². The topological polar surface area (TPSA) is 57.5 Å². The molecule has 0 heterocycles. The van der Waals surface area contributed by atoms with E-state index in [-0.39, 0.29) is 5.75 Å². The summed E-state index contributed by atoms with van der Waals surface area (Å²) in [6.07, 6.45) is 2.63. The van der Waals surface area contributed by atoms with Crippen LogP contribution in [0.15, 0.2) is 36.4 Å².